The Bertz CT molecular complexity index is 360. The van der Waals surface area contributed by atoms with Gasteiger partial charge in [0.25, 0.3) is 0 Å². The summed E-state index contributed by atoms with van der Waals surface area (Å²) in [5.74, 6) is -0.439. The van der Waals surface area contributed by atoms with E-state index in [4.69, 9.17) is 0 Å². The predicted octanol–water partition coefficient (Wildman–Crippen LogP) is 2.31. The molecule has 2 aromatic heterocycles. The Morgan fingerprint density at radius 2 is 2.36 bits per heavy atom. The average molecular weight is 262 g/mol. The Morgan fingerprint density at radius 3 is 3.09 bits per heavy atom. The number of hydrogen-bond acceptors (Lipinski definition) is 1. The molecule has 0 spiro atoms. The molecule has 56 valence electrons. The topological polar surface area (TPSA) is 28.7 Å². The predicted molar refractivity (Wildman–Crippen MR) is 48.8 cm³/mol. The van der Waals surface area contributed by atoms with E-state index in [-0.39, 0.29) is 0 Å². The fourth-order valence-corrected chi connectivity index (χ4v) is 1.58. The minimum Gasteiger partial charge on any atom is -0.357 e. The van der Waals surface area contributed by atoms with E-state index in [0.29, 0.717) is 5.52 Å². The number of nitrogens with zero attached hydrogens (tertiary/aromatic N) is 1. The highest BCUT2D eigenvalue weighted by molar-refractivity contribution is 14.1. The molecular formula is C7H4FIN2. The summed E-state index contributed by atoms with van der Waals surface area (Å²) in [6.07, 6.45) is 3.23. The van der Waals surface area contributed by atoms with Crippen LogP contribution in [0.15, 0.2) is 18.5 Å². The molecule has 2 aromatic rings. The highest BCUT2D eigenvalue weighted by Crippen LogP contribution is 2.19. The lowest BCUT2D eigenvalue weighted by molar-refractivity contribution is 0.594. The third-order valence-electron chi connectivity index (χ3n) is 1.50. The van der Waals surface area contributed by atoms with Crippen LogP contribution in [0.2, 0.25) is 0 Å². The van der Waals surface area contributed by atoms with Crippen LogP contribution in [0.1, 0.15) is 0 Å². The van der Waals surface area contributed by atoms with Crippen molar-refractivity contribution in [1.29, 1.82) is 0 Å². The highest BCUT2D eigenvalue weighted by atomic mass is 127. The monoisotopic (exact) mass is 262 g/mol. The van der Waals surface area contributed by atoms with E-state index in [9.17, 15) is 4.39 Å². The van der Waals surface area contributed by atoms with Gasteiger partial charge in [-0.15, -0.1) is 0 Å². The Kier molecular flexibility index (Phi) is 1.56. The standard InChI is InChI=1S/C7H4FIN2/c8-7-6-4(1-2-10-6)5(9)3-11-7/h1-3,10H. The van der Waals surface area contributed by atoms with Crippen LogP contribution >= 0.6 is 22.6 Å². The first-order valence-corrected chi connectivity index (χ1v) is 4.14. The van der Waals surface area contributed by atoms with Crippen molar-refractivity contribution in [2.45, 2.75) is 0 Å². The molecule has 0 aliphatic rings. The first kappa shape index (κ1) is 7.02. The van der Waals surface area contributed by atoms with Gasteiger partial charge in [0.05, 0.1) is 0 Å². The van der Waals surface area contributed by atoms with E-state index < -0.39 is 5.95 Å². The van der Waals surface area contributed by atoms with Crippen LogP contribution in [0.25, 0.3) is 10.9 Å². The smallest absolute Gasteiger partial charge is 0.237 e. The summed E-state index contributed by atoms with van der Waals surface area (Å²) in [5.41, 5.74) is 0.483. The number of aromatic nitrogens is 2. The zero-order valence-electron chi connectivity index (χ0n) is 5.44. The van der Waals surface area contributed by atoms with Crippen LogP contribution in [-0.4, -0.2) is 9.97 Å². The summed E-state index contributed by atoms with van der Waals surface area (Å²) in [6, 6.07) is 1.84. The maximum absolute atomic E-state index is 12.9. The summed E-state index contributed by atoms with van der Waals surface area (Å²) in [4.78, 5) is 6.36. The van der Waals surface area contributed by atoms with Crippen LogP contribution in [0.5, 0.6) is 0 Å². The third kappa shape index (κ3) is 1.01. The fraction of sp³-hybridized carbons (Fsp3) is 0. The largest absolute Gasteiger partial charge is 0.357 e. The van der Waals surface area contributed by atoms with Gasteiger partial charge in [-0.2, -0.15) is 4.39 Å². The molecule has 0 atom stereocenters. The van der Waals surface area contributed by atoms with Crippen molar-refractivity contribution < 1.29 is 4.39 Å². The Labute approximate surface area is 76.0 Å². The Morgan fingerprint density at radius 1 is 1.55 bits per heavy atom. The normalized spacial score (nSPS) is 10.7. The molecule has 4 heteroatoms. The van der Waals surface area contributed by atoms with Gasteiger partial charge in [0, 0.05) is 21.4 Å². The van der Waals surface area contributed by atoms with Gasteiger partial charge in [-0.3, -0.25) is 0 Å². The van der Waals surface area contributed by atoms with Crippen molar-refractivity contribution in [1.82, 2.24) is 9.97 Å². The van der Waals surface area contributed by atoms with Gasteiger partial charge < -0.3 is 4.98 Å². The van der Waals surface area contributed by atoms with Crippen molar-refractivity contribution in [3.05, 3.63) is 28.0 Å². The SMILES string of the molecule is Fc1ncc(I)c2cc[nH]c12. The van der Waals surface area contributed by atoms with Crippen LogP contribution < -0.4 is 0 Å². The summed E-state index contributed by atoms with van der Waals surface area (Å²) < 4.78 is 13.8. The molecule has 0 aliphatic carbocycles. The van der Waals surface area contributed by atoms with Crippen LogP contribution in [0.3, 0.4) is 0 Å². The van der Waals surface area contributed by atoms with Gasteiger partial charge in [0.15, 0.2) is 0 Å². The Balaban J connectivity index is 2.96. The second-order valence-electron chi connectivity index (χ2n) is 2.16. The molecule has 0 fully saturated rings. The molecule has 11 heavy (non-hydrogen) atoms. The minimum atomic E-state index is -0.439. The van der Waals surface area contributed by atoms with Crippen molar-refractivity contribution in [3.8, 4) is 0 Å². The number of aromatic amines is 1. The molecule has 2 heterocycles. The quantitative estimate of drug-likeness (QED) is 0.572. The van der Waals surface area contributed by atoms with Crippen molar-refractivity contribution in [2.75, 3.05) is 0 Å². The number of nitrogens with one attached hydrogen (secondary N) is 1. The molecule has 0 radical (unpaired) electrons. The van der Waals surface area contributed by atoms with E-state index in [1.807, 2.05) is 6.07 Å². The lowest BCUT2D eigenvalue weighted by Gasteiger charge is -1.93. The maximum atomic E-state index is 12.9. The van der Waals surface area contributed by atoms with Gasteiger partial charge in [-0.1, -0.05) is 0 Å². The molecule has 0 amide bonds. The van der Waals surface area contributed by atoms with Gasteiger partial charge >= 0.3 is 0 Å². The minimum absolute atomic E-state index is 0.439. The highest BCUT2D eigenvalue weighted by Gasteiger charge is 2.04. The first-order chi connectivity index (χ1) is 5.29. The van der Waals surface area contributed by atoms with Crippen molar-refractivity contribution in [2.24, 2.45) is 0 Å². The Hall–Kier alpha value is -0.650. The third-order valence-corrected chi connectivity index (χ3v) is 2.36. The van der Waals surface area contributed by atoms with Crippen molar-refractivity contribution >= 4 is 33.5 Å². The molecule has 0 saturated carbocycles. The molecule has 0 saturated heterocycles. The number of hydrogen-bond donors (Lipinski definition) is 1. The summed E-state index contributed by atoms with van der Waals surface area (Å²) in [6.45, 7) is 0. The molecule has 1 N–H and O–H groups in total. The van der Waals surface area contributed by atoms with Gasteiger partial charge in [-0.25, -0.2) is 4.98 Å². The van der Waals surface area contributed by atoms with Gasteiger partial charge in [0.1, 0.15) is 5.52 Å². The number of halogens is 2. The summed E-state index contributed by atoms with van der Waals surface area (Å²) in [7, 11) is 0. The molecule has 2 rings (SSSR count). The number of H-pyrrole nitrogens is 1. The lowest BCUT2D eigenvalue weighted by Crippen LogP contribution is -1.85. The summed E-state index contributed by atoms with van der Waals surface area (Å²) >= 11 is 2.12. The zero-order chi connectivity index (χ0) is 7.84. The fourth-order valence-electron chi connectivity index (χ4n) is 0.987. The van der Waals surface area contributed by atoms with Gasteiger partial charge in [0.2, 0.25) is 5.95 Å². The van der Waals surface area contributed by atoms with E-state index in [2.05, 4.69) is 32.6 Å². The first-order valence-electron chi connectivity index (χ1n) is 3.06. The number of rotatable bonds is 0. The van der Waals surface area contributed by atoms with Crippen LogP contribution in [0.4, 0.5) is 4.39 Å². The molecule has 0 bridgehead atoms. The zero-order valence-corrected chi connectivity index (χ0v) is 7.59. The van der Waals surface area contributed by atoms with E-state index in [0.717, 1.165) is 8.96 Å². The number of pyridine rings is 1. The van der Waals surface area contributed by atoms with Gasteiger partial charge in [-0.05, 0) is 28.7 Å². The molecular weight excluding hydrogens is 258 g/mol. The molecule has 0 unspecified atom stereocenters. The second-order valence-corrected chi connectivity index (χ2v) is 3.33. The molecule has 0 aliphatic heterocycles. The number of fused-ring (bicyclic) bond motifs is 1. The average Bonchev–Trinajstić information content (AvgIpc) is 2.45. The van der Waals surface area contributed by atoms with Crippen LogP contribution in [-0.2, 0) is 0 Å². The van der Waals surface area contributed by atoms with Crippen LogP contribution in [0, 0.1) is 9.52 Å². The molecule has 2 nitrogen and oxygen atoms in total. The van der Waals surface area contributed by atoms with E-state index in [1.54, 1.807) is 6.20 Å². The van der Waals surface area contributed by atoms with E-state index >= 15 is 0 Å². The second kappa shape index (κ2) is 2.44. The van der Waals surface area contributed by atoms with Crippen molar-refractivity contribution in [3.63, 3.8) is 0 Å². The lowest BCUT2D eigenvalue weighted by atomic mass is 10.3. The molecule has 0 aromatic carbocycles. The summed E-state index contributed by atoms with van der Waals surface area (Å²) in [5, 5.41) is 0.887. The maximum Gasteiger partial charge on any atom is 0.237 e. The van der Waals surface area contributed by atoms with E-state index in [1.165, 1.54) is 6.20 Å².